The summed E-state index contributed by atoms with van der Waals surface area (Å²) in [4.78, 5) is 27.6. The lowest BCUT2D eigenvalue weighted by molar-refractivity contribution is -0.111. The van der Waals surface area contributed by atoms with Gasteiger partial charge in [0.1, 0.15) is 11.5 Å². The van der Waals surface area contributed by atoms with E-state index >= 15 is 0 Å². The fraction of sp³-hybridized carbons (Fsp3) is 0. The minimum Gasteiger partial charge on any atom is -0.320 e. The molecule has 1 N–H and O–H groups in total. The number of hydrogen-bond acceptors (Lipinski definition) is 3. The zero-order valence-electron chi connectivity index (χ0n) is 10.5. The molecule has 0 atom stereocenters. The summed E-state index contributed by atoms with van der Waals surface area (Å²) in [5, 5.41) is 2.51. The molecule has 0 aliphatic rings. The Balaban J connectivity index is 2.36. The Hall–Kier alpha value is -2.82. The number of aromatic nitrogens is 1. The number of nitrogens with one attached hydrogen (secondary N) is 1. The number of amides is 1. The smallest absolute Gasteiger partial charge is 0.247 e. The van der Waals surface area contributed by atoms with Crippen molar-refractivity contribution < 1.29 is 14.0 Å². The zero-order chi connectivity index (χ0) is 14.5. The summed E-state index contributed by atoms with van der Waals surface area (Å²) in [6, 6.07) is 8.28. The SMILES string of the molecule is C=CC(=O)Nc1cccnc1C(=O)c1ccc(F)cc1. The first kappa shape index (κ1) is 13.6. The molecule has 0 unspecified atom stereocenters. The van der Waals surface area contributed by atoms with Gasteiger partial charge in [-0.15, -0.1) is 0 Å². The van der Waals surface area contributed by atoms with E-state index in [1.54, 1.807) is 12.1 Å². The molecule has 20 heavy (non-hydrogen) atoms. The summed E-state index contributed by atoms with van der Waals surface area (Å²) in [6.07, 6.45) is 2.54. The summed E-state index contributed by atoms with van der Waals surface area (Å²) in [5.41, 5.74) is 0.667. The van der Waals surface area contributed by atoms with Crippen LogP contribution in [0.2, 0.25) is 0 Å². The molecule has 100 valence electrons. The monoisotopic (exact) mass is 270 g/mol. The van der Waals surface area contributed by atoms with Crippen LogP contribution in [0.3, 0.4) is 0 Å². The Morgan fingerprint density at radius 2 is 1.90 bits per heavy atom. The van der Waals surface area contributed by atoms with Crippen LogP contribution in [-0.4, -0.2) is 16.7 Å². The molecule has 0 aliphatic carbocycles. The van der Waals surface area contributed by atoms with Gasteiger partial charge in [0.25, 0.3) is 0 Å². The third-order valence-corrected chi connectivity index (χ3v) is 2.57. The molecule has 0 spiro atoms. The second-order valence-electron chi connectivity index (χ2n) is 3.93. The highest BCUT2D eigenvalue weighted by atomic mass is 19.1. The third kappa shape index (κ3) is 2.95. The van der Waals surface area contributed by atoms with Crippen molar-refractivity contribution in [3.63, 3.8) is 0 Å². The van der Waals surface area contributed by atoms with Gasteiger partial charge in [-0.1, -0.05) is 6.58 Å². The van der Waals surface area contributed by atoms with Gasteiger partial charge in [0.2, 0.25) is 11.7 Å². The number of halogens is 1. The van der Waals surface area contributed by atoms with Crippen LogP contribution in [0.25, 0.3) is 0 Å². The second-order valence-corrected chi connectivity index (χ2v) is 3.93. The molecule has 1 amide bonds. The fourth-order valence-corrected chi connectivity index (χ4v) is 1.61. The topological polar surface area (TPSA) is 59.1 Å². The van der Waals surface area contributed by atoms with Crippen LogP contribution in [0.15, 0.2) is 55.3 Å². The highest BCUT2D eigenvalue weighted by molar-refractivity contribution is 6.13. The van der Waals surface area contributed by atoms with E-state index in [0.717, 1.165) is 6.08 Å². The van der Waals surface area contributed by atoms with Crippen molar-refractivity contribution in [2.24, 2.45) is 0 Å². The zero-order valence-corrected chi connectivity index (χ0v) is 10.5. The van der Waals surface area contributed by atoms with Crippen molar-refractivity contribution >= 4 is 17.4 Å². The average molecular weight is 270 g/mol. The van der Waals surface area contributed by atoms with Crippen LogP contribution < -0.4 is 5.32 Å². The molecule has 0 saturated carbocycles. The number of ketones is 1. The number of carbonyl (C=O) groups is 2. The fourth-order valence-electron chi connectivity index (χ4n) is 1.61. The Labute approximate surface area is 115 Å². The summed E-state index contributed by atoms with van der Waals surface area (Å²) in [7, 11) is 0. The van der Waals surface area contributed by atoms with Gasteiger partial charge in [-0.25, -0.2) is 4.39 Å². The molecule has 0 bridgehead atoms. The van der Waals surface area contributed by atoms with Crippen LogP contribution in [-0.2, 0) is 4.79 Å². The number of pyridine rings is 1. The third-order valence-electron chi connectivity index (χ3n) is 2.57. The van der Waals surface area contributed by atoms with Gasteiger partial charge in [0.15, 0.2) is 0 Å². The largest absolute Gasteiger partial charge is 0.320 e. The summed E-state index contributed by atoms with van der Waals surface area (Å²) in [6.45, 7) is 3.34. The summed E-state index contributed by atoms with van der Waals surface area (Å²) in [5.74, 6) is -1.26. The molecule has 5 heteroatoms. The van der Waals surface area contributed by atoms with Crippen LogP contribution in [0.5, 0.6) is 0 Å². The van der Waals surface area contributed by atoms with E-state index in [4.69, 9.17) is 0 Å². The second kappa shape index (κ2) is 5.88. The molecule has 0 radical (unpaired) electrons. The van der Waals surface area contributed by atoms with E-state index in [1.807, 2.05) is 0 Å². The molecule has 0 aliphatic heterocycles. The highest BCUT2D eigenvalue weighted by Gasteiger charge is 2.15. The van der Waals surface area contributed by atoms with Gasteiger partial charge in [-0.2, -0.15) is 0 Å². The van der Waals surface area contributed by atoms with E-state index in [2.05, 4.69) is 16.9 Å². The van der Waals surface area contributed by atoms with Crippen molar-refractivity contribution in [2.45, 2.75) is 0 Å². The first-order valence-electron chi connectivity index (χ1n) is 5.80. The van der Waals surface area contributed by atoms with Crippen molar-refractivity contribution in [2.75, 3.05) is 5.32 Å². The molecule has 2 rings (SSSR count). The predicted octanol–water partition coefficient (Wildman–Crippen LogP) is 2.58. The van der Waals surface area contributed by atoms with Crippen molar-refractivity contribution in [3.05, 3.63) is 72.3 Å². The molecule has 0 fully saturated rings. The van der Waals surface area contributed by atoms with Crippen LogP contribution >= 0.6 is 0 Å². The van der Waals surface area contributed by atoms with Gasteiger partial charge >= 0.3 is 0 Å². The number of nitrogens with zero attached hydrogens (tertiary/aromatic N) is 1. The minimum absolute atomic E-state index is 0.0920. The number of benzene rings is 1. The lowest BCUT2D eigenvalue weighted by Crippen LogP contribution is -2.13. The van der Waals surface area contributed by atoms with Gasteiger partial charge in [-0.05, 0) is 42.5 Å². The van der Waals surface area contributed by atoms with Crippen molar-refractivity contribution in [3.8, 4) is 0 Å². The van der Waals surface area contributed by atoms with Gasteiger partial charge in [-0.3, -0.25) is 14.6 Å². The van der Waals surface area contributed by atoms with Gasteiger partial charge in [0, 0.05) is 11.8 Å². The predicted molar refractivity (Wildman–Crippen MR) is 72.9 cm³/mol. The Kier molecular flexibility index (Phi) is 4.00. The first-order chi connectivity index (χ1) is 9.61. The molecule has 1 aromatic heterocycles. The lowest BCUT2D eigenvalue weighted by Gasteiger charge is -2.07. The maximum Gasteiger partial charge on any atom is 0.247 e. The van der Waals surface area contributed by atoms with Gasteiger partial charge < -0.3 is 5.32 Å². The van der Waals surface area contributed by atoms with Crippen LogP contribution in [0.4, 0.5) is 10.1 Å². The number of rotatable bonds is 4. The molecule has 0 saturated heterocycles. The molecule has 1 aromatic carbocycles. The van der Waals surface area contributed by atoms with E-state index < -0.39 is 17.5 Å². The van der Waals surface area contributed by atoms with E-state index in [1.165, 1.54) is 30.5 Å². The Bertz CT molecular complexity index is 666. The normalized spacial score (nSPS) is 9.85. The van der Waals surface area contributed by atoms with Gasteiger partial charge in [0.05, 0.1) is 5.69 Å². The minimum atomic E-state index is -0.439. The van der Waals surface area contributed by atoms with Crippen molar-refractivity contribution in [1.82, 2.24) is 4.98 Å². The first-order valence-corrected chi connectivity index (χ1v) is 5.80. The maximum absolute atomic E-state index is 12.9. The van der Waals surface area contributed by atoms with Crippen molar-refractivity contribution in [1.29, 1.82) is 0 Å². The van der Waals surface area contributed by atoms with E-state index in [0.29, 0.717) is 5.56 Å². The number of carbonyl (C=O) groups excluding carboxylic acids is 2. The molecule has 1 heterocycles. The lowest BCUT2D eigenvalue weighted by atomic mass is 10.1. The number of anilines is 1. The average Bonchev–Trinajstić information content (AvgIpc) is 2.48. The number of hydrogen-bond donors (Lipinski definition) is 1. The standard InChI is InChI=1S/C15H11FN2O2/c1-2-13(19)18-12-4-3-9-17-14(12)15(20)10-5-7-11(16)8-6-10/h2-9H,1H2,(H,18,19). The molecular formula is C15H11FN2O2. The van der Waals surface area contributed by atoms with Crippen LogP contribution in [0, 0.1) is 5.82 Å². The van der Waals surface area contributed by atoms with Crippen LogP contribution in [0.1, 0.15) is 16.1 Å². The molecular weight excluding hydrogens is 259 g/mol. The quantitative estimate of drug-likeness (QED) is 0.686. The molecule has 4 nitrogen and oxygen atoms in total. The summed E-state index contributed by atoms with van der Waals surface area (Å²) < 4.78 is 12.9. The maximum atomic E-state index is 12.9. The Morgan fingerprint density at radius 3 is 2.55 bits per heavy atom. The Morgan fingerprint density at radius 1 is 1.20 bits per heavy atom. The summed E-state index contributed by atoms with van der Waals surface area (Å²) >= 11 is 0. The van der Waals surface area contributed by atoms with E-state index in [-0.39, 0.29) is 11.4 Å². The van der Waals surface area contributed by atoms with E-state index in [9.17, 15) is 14.0 Å². The molecule has 2 aromatic rings. The highest BCUT2D eigenvalue weighted by Crippen LogP contribution is 2.17.